The van der Waals surface area contributed by atoms with Crippen LogP contribution in [0.4, 0.5) is 14.9 Å². The summed E-state index contributed by atoms with van der Waals surface area (Å²) in [5, 5.41) is 2.80. The second-order valence-corrected chi connectivity index (χ2v) is 6.24. The van der Waals surface area contributed by atoms with Crippen LogP contribution in [0.25, 0.3) is 0 Å². The third-order valence-electron chi connectivity index (χ3n) is 4.74. The molecule has 2 aliphatic rings. The fourth-order valence-electron chi connectivity index (χ4n) is 3.28. The Bertz CT molecular complexity index is 579. The molecule has 0 bridgehead atoms. The van der Waals surface area contributed by atoms with Gasteiger partial charge in [0, 0.05) is 6.54 Å². The molecule has 1 aliphatic carbocycles. The lowest BCUT2D eigenvalue weighted by Crippen LogP contribution is -2.61. The zero-order valence-electron chi connectivity index (χ0n) is 12.1. The fourth-order valence-corrected chi connectivity index (χ4v) is 3.28. The van der Waals surface area contributed by atoms with E-state index < -0.39 is 17.3 Å². The Morgan fingerprint density at radius 2 is 2.00 bits per heavy atom. The Hall–Kier alpha value is -1.91. The molecule has 1 spiro atoms. The number of nitrogens with one attached hydrogen (secondary N) is 1. The van der Waals surface area contributed by atoms with Crippen LogP contribution in [0.5, 0.6) is 0 Å². The highest BCUT2D eigenvalue weighted by molar-refractivity contribution is 6.18. The average Bonchev–Trinajstić information content (AvgIpc) is 2.46. The highest BCUT2D eigenvalue weighted by Gasteiger charge is 2.48. The van der Waals surface area contributed by atoms with Gasteiger partial charge < -0.3 is 5.32 Å². The number of hydrogen-bond donors (Lipinski definition) is 1. The lowest BCUT2D eigenvalue weighted by atomic mass is 9.69. The van der Waals surface area contributed by atoms with Gasteiger partial charge in [-0.25, -0.2) is 14.1 Å². The summed E-state index contributed by atoms with van der Waals surface area (Å²) in [5.41, 5.74) is -0.220. The Morgan fingerprint density at radius 1 is 1.29 bits per heavy atom. The van der Waals surface area contributed by atoms with Crippen LogP contribution in [0.1, 0.15) is 32.6 Å². The van der Waals surface area contributed by atoms with E-state index in [-0.39, 0.29) is 5.91 Å². The molecule has 0 aromatic heterocycles. The molecular formula is C16H19FN2O2. The first kappa shape index (κ1) is 14.0. The Kier molecular flexibility index (Phi) is 3.43. The SMILES string of the molecule is CC1CCC2(CC1)CNC(=O)N(c1cccc(F)c1)C2=O. The van der Waals surface area contributed by atoms with Crippen LogP contribution in [0.3, 0.4) is 0 Å². The monoisotopic (exact) mass is 290 g/mol. The molecule has 1 saturated carbocycles. The maximum Gasteiger partial charge on any atom is 0.328 e. The van der Waals surface area contributed by atoms with E-state index in [4.69, 9.17) is 0 Å². The van der Waals surface area contributed by atoms with Crippen molar-refractivity contribution in [3.05, 3.63) is 30.1 Å². The van der Waals surface area contributed by atoms with E-state index in [9.17, 15) is 14.0 Å². The van der Waals surface area contributed by atoms with Gasteiger partial charge in [-0.15, -0.1) is 0 Å². The van der Waals surface area contributed by atoms with Crippen molar-refractivity contribution < 1.29 is 14.0 Å². The van der Waals surface area contributed by atoms with Crippen LogP contribution in [0.15, 0.2) is 24.3 Å². The summed E-state index contributed by atoms with van der Waals surface area (Å²) in [4.78, 5) is 26.1. The molecule has 112 valence electrons. The van der Waals surface area contributed by atoms with Crippen molar-refractivity contribution in [3.8, 4) is 0 Å². The number of urea groups is 1. The number of nitrogens with zero attached hydrogens (tertiary/aromatic N) is 1. The minimum atomic E-state index is -0.521. The summed E-state index contributed by atoms with van der Waals surface area (Å²) in [5.74, 6) is -0.0302. The van der Waals surface area contributed by atoms with E-state index in [2.05, 4.69) is 12.2 Å². The zero-order chi connectivity index (χ0) is 15.0. The molecule has 1 aromatic rings. The maximum atomic E-state index is 13.4. The number of imide groups is 1. The molecule has 3 amide bonds. The normalized spacial score (nSPS) is 29.6. The van der Waals surface area contributed by atoms with Crippen molar-refractivity contribution in [1.82, 2.24) is 5.32 Å². The van der Waals surface area contributed by atoms with Gasteiger partial charge in [0.15, 0.2) is 0 Å². The summed E-state index contributed by atoms with van der Waals surface area (Å²) in [6, 6.07) is 5.16. The molecule has 4 nitrogen and oxygen atoms in total. The van der Waals surface area contributed by atoms with E-state index >= 15 is 0 Å². The Balaban J connectivity index is 1.93. The first-order valence-electron chi connectivity index (χ1n) is 7.40. The highest BCUT2D eigenvalue weighted by atomic mass is 19.1. The summed E-state index contributed by atoms with van der Waals surface area (Å²) < 4.78 is 13.4. The van der Waals surface area contributed by atoms with Gasteiger partial charge in [-0.2, -0.15) is 0 Å². The van der Waals surface area contributed by atoms with Gasteiger partial charge >= 0.3 is 6.03 Å². The fraction of sp³-hybridized carbons (Fsp3) is 0.500. The predicted molar refractivity (Wildman–Crippen MR) is 77.3 cm³/mol. The second kappa shape index (κ2) is 5.13. The summed E-state index contributed by atoms with van der Waals surface area (Å²) in [6.45, 7) is 2.58. The van der Waals surface area contributed by atoms with E-state index in [1.165, 1.54) is 18.2 Å². The predicted octanol–water partition coefficient (Wildman–Crippen LogP) is 3.08. The lowest BCUT2D eigenvalue weighted by molar-refractivity contribution is -0.130. The average molecular weight is 290 g/mol. The molecule has 0 radical (unpaired) electrons. The van der Waals surface area contributed by atoms with E-state index in [0.29, 0.717) is 18.2 Å². The van der Waals surface area contributed by atoms with Crippen LogP contribution in [0.2, 0.25) is 0 Å². The topological polar surface area (TPSA) is 49.4 Å². The third kappa shape index (κ3) is 2.41. The molecule has 0 atom stereocenters. The molecule has 21 heavy (non-hydrogen) atoms. The second-order valence-electron chi connectivity index (χ2n) is 6.24. The van der Waals surface area contributed by atoms with Crippen molar-refractivity contribution in [2.24, 2.45) is 11.3 Å². The van der Waals surface area contributed by atoms with Gasteiger partial charge in [-0.1, -0.05) is 13.0 Å². The Labute approximate surface area is 123 Å². The smallest absolute Gasteiger partial charge is 0.328 e. The summed E-state index contributed by atoms with van der Waals surface area (Å²) in [7, 11) is 0. The first-order chi connectivity index (χ1) is 10.0. The van der Waals surface area contributed by atoms with Crippen LogP contribution in [0, 0.1) is 17.2 Å². The number of benzene rings is 1. The number of carbonyl (C=O) groups excluding carboxylic acids is 2. The van der Waals surface area contributed by atoms with Crippen LogP contribution >= 0.6 is 0 Å². The van der Waals surface area contributed by atoms with Gasteiger partial charge in [-0.3, -0.25) is 4.79 Å². The van der Waals surface area contributed by atoms with E-state index in [0.717, 1.165) is 30.6 Å². The quantitative estimate of drug-likeness (QED) is 0.864. The first-order valence-corrected chi connectivity index (χ1v) is 7.40. The van der Waals surface area contributed by atoms with E-state index in [1.807, 2.05) is 0 Å². The lowest BCUT2D eigenvalue weighted by Gasteiger charge is -2.44. The third-order valence-corrected chi connectivity index (χ3v) is 4.74. The summed E-state index contributed by atoms with van der Waals surface area (Å²) >= 11 is 0. The maximum absolute atomic E-state index is 13.4. The van der Waals surface area contributed by atoms with Crippen molar-refractivity contribution in [2.45, 2.75) is 32.6 Å². The van der Waals surface area contributed by atoms with Gasteiger partial charge in [-0.05, 0) is 49.8 Å². The molecule has 2 fully saturated rings. The minimum Gasteiger partial charge on any atom is -0.336 e. The van der Waals surface area contributed by atoms with Gasteiger partial charge in [0.1, 0.15) is 5.82 Å². The van der Waals surface area contributed by atoms with Crippen molar-refractivity contribution in [2.75, 3.05) is 11.4 Å². The molecule has 0 unspecified atom stereocenters. The molecule has 3 rings (SSSR count). The summed E-state index contributed by atoms with van der Waals surface area (Å²) in [6.07, 6.45) is 3.52. The molecule has 5 heteroatoms. The standard InChI is InChI=1S/C16H19FN2O2/c1-11-5-7-16(8-6-11)10-18-15(21)19(14(16)20)13-4-2-3-12(17)9-13/h2-4,9,11H,5-8,10H2,1H3,(H,18,21). The van der Waals surface area contributed by atoms with Crippen molar-refractivity contribution in [3.63, 3.8) is 0 Å². The van der Waals surface area contributed by atoms with Crippen LogP contribution in [-0.2, 0) is 4.79 Å². The molecule has 1 heterocycles. The minimum absolute atomic E-state index is 0.191. The van der Waals surface area contributed by atoms with E-state index in [1.54, 1.807) is 6.07 Å². The Morgan fingerprint density at radius 3 is 2.67 bits per heavy atom. The largest absolute Gasteiger partial charge is 0.336 e. The van der Waals surface area contributed by atoms with Gasteiger partial charge in [0.05, 0.1) is 11.1 Å². The zero-order valence-corrected chi connectivity index (χ0v) is 12.1. The van der Waals surface area contributed by atoms with Gasteiger partial charge in [0.2, 0.25) is 5.91 Å². The number of amides is 3. The number of rotatable bonds is 1. The molecule has 1 aromatic carbocycles. The van der Waals surface area contributed by atoms with Crippen LogP contribution in [-0.4, -0.2) is 18.5 Å². The van der Waals surface area contributed by atoms with Crippen LogP contribution < -0.4 is 10.2 Å². The van der Waals surface area contributed by atoms with Crippen molar-refractivity contribution >= 4 is 17.6 Å². The highest BCUT2D eigenvalue weighted by Crippen LogP contribution is 2.42. The number of carbonyl (C=O) groups is 2. The van der Waals surface area contributed by atoms with Gasteiger partial charge in [0.25, 0.3) is 0 Å². The number of anilines is 1. The molecule has 1 saturated heterocycles. The molecular weight excluding hydrogens is 271 g/mol. The van der Waals surface area contributed by atoms with Crippen molar-refractivity contribution in [1.29, 1.82) is 0 Å². The molecule has 1 N–H and O–H groups in total. The number of hydrogen-bond acceptors (Lipinski definition) is 2. The molecule has 1 aliphatic heterocycles. The number of halogens is 1.